The summed E-state index contributed by atoms with van der Waals surface area (Å²) in [6.45, 7) is 1.09. The standard InChI is InChI=1S/C11H16N2O4S/c1-17-11(16)8-2-3-12(4-8)9(14)5-13-7-18-6-10(13)15/h8H,2-7H2,1H3. The van der Waals surface area contributed by atoms with Crippen LogP contribution in [0.1, 0.15) is 6.42 Å². The molecule has 2 amide bonds. The van der Waals surface area contributed by atoms with Crippen LogP contribution >= 0.6 is 11.8 Å². The first-order chi connectivity index (χ1) is 8.61. The first-order valence-electron chi connectivity index (χ1n) is 5.83. The van der Waals surface area contributed by atoms with Crippen LogP contribution in [0.25, 0.3) is 0 Å². The molecule has 1 unspecified atom stereocenters. The predicted molar refractivity (Wildman–Crippen MR) is 65.7 cm³/mol. The monoisotopic (exact) mass is 272 g/mol. The van der Waals surface area contributed by atoms with Crippen molar-refractivity contribution in [3.05, 3.63) is 0 Å². The van der Waals surface area contributed by atoms with Gasteiger partial charge in [-0.2, -0.15) is 0 Å². The molecule has 0 saturated carbocycles. The maximum atomic E-state index is 12.0. The molecule has 0 aliphatic carbocycles. The van der Waals surface area contributed by atoms with E-state index in [0.29, 0.717) is 31.1 Å². The Morgan fingerprint density at radius 1 is 1.50 bits per heavy atom. The Labute approximate surface area is 110 Å². The third-order valence-corrected chi connectivity index (χ3v) is 4.17. The third kappa shape index (κ3) is 2.77. The van der Waals surface area contributed by atoms with Crippen molar-refractivity contribution in [2.75, 3.05) is 38.4 Å². The summed E-state index contributed by atoms with van der Waals surface area (Å²) in [6, 6.07) is 0. The number of carbonyl (C=O) groups is 3. The molecule has 2 aliphatic heterocycles. The molecule has 18 heavy (non-hydrogen) atoms. The van der Waals surface area contributed by atoms with E-state index in [1.165, 1.54) is 18.9 Å². The molecule has 0 bridgehead atoms. The average Bonchev–Trinajstić information content (AvgIpc) is 2.98. The summed E-state index contributed by atoms with van der Waals surface area (Å²) < 4.78 is 4.67. The van der Waals surface area contributed by atoms with Gasteiger partial charge in [0.05, 0.1) is 24.7 Å². The van der Waals surface area contributed by atoms with Gasteiger partial charge in [-0.15, -0.1) is 11.8 Å². The first kappa shape index (κ1) is 13.2. The van der Waals surface area contributed by atoms with Crippen molar-refractivity contribution in [3.8, 4) is 0 Å². The lowest BCUT2D eigenvalue weighted by molar-refractivity contribution is -0.145. The van der Waals surface area contributed by atoms with E-state index in [1.807, 2.05) is 0 Å². The lowest BCUT2D eigenvalue weighted by Gasteiger charge is -2.20. The molecule has 0 radical (unpaired) electrons. The van der Waals surface area contributed by atoms with E-state index in [-0.39, 0.29) is 30.2 Å². The molecular formula is C11H16N2O4S. The van der Waals surface area contributed by atoms with Crippen LogP contribution < -0.4 is 0 Å². The molecule has 2 heterocycles. The molecule has 2 rings (SSSR count). The minimum Gasteiger partial charge on any atom is -0.469 e. The van der Waals surface area contributed by atoms with Gasteiger partial charge in [-0.3, -0.25) is 14.4 Å². The highest BCUT2D eigenvalue weighted by Crippen LogP contribution is 2.19. The average molecular weight is 272 g/mol. The van der Waals surface area contributed by atoms with Crippen molar-refractivity contribution in [2.24, 2.45) is 5.92 Å². The summed E-state index contributed by atoms with van der Waals surface area (Å²) in [5, 5.41) is 0. The summed E-state index contributed by atoms with van der Waals surface area (Å²) in [5.41, 5.74) is 0. The molecule has 100 valence electrons. The number of hydrogen-bond donors (Lipinski definition) is 0. The van der Waals surface area contributed by atoms with Crippen LogP contribution in [-0.4, -0.2) is 66.0 Å². The van der Waals surface area contributed by atoms with Crippen LogP contribution in [-0.2, 0) is 19.1 Å². The number of hydrogen-bond acceptors (Lipinski definition) is 5. The minimum atomic E-state index is -0.266. The number of esters is 1. The van der Waals surface area contributed by atoms with Crippen molar-refractivity contribution < 1.29 is 19.1 Å². The fourth-order valence-electron chi connectivity index (χ4n) is 2.15. The number of nitrogens with zero attached hydrogens (tertiary/aromatic N) is 2. The van der Waals surface area contributed by atoms with Gasteiger partial charge in [0.25, 0.3) is 0 Å². The summed E-state index contributed by atoms with van der Waals surface area (Å²) in [4.78, 5) is 37.9. The van der Waals surface area contributed by atoms with Crippen LogP contribution in [0.4, 0.5) is 0 Å². The minimum absolute atomic E-state index is 0.0112. The Balaban J connectivity index is 1.84. The predicted octanol–water partition coefficient (Wildman–Crippen LogP) is -0.459. The van der Waals surface area contributed by atoms with Gasteiger partial charge in [0.15, 0.2) is 0 Å². The van der Waals surface area contributed by atoms with Gasteiger partial charge in [-0.25, -0.2) is 0 Å². The van der Waals surface area contributed by atoms with Crippen molar-refractivity contribution in [1.82, 2.24) is 9.80 Å². The van der Waals surface area contributed by atoms with E-state index in [4.69, 9.17) is 0 Å². The molecule has 2 saturated heterocycles. The van der Waals surface area contributed by atoms with Crippen LogP contribution in [0.5, 0.6) is 0 Å². The highest BCUT2D eigenvalue weighted by atomic mass is 32.2. The number of rotatable bonds is 3. The number of ether oxygens (including phenoxy) is 1. The fourth-order valence-corrected chi connectivity index (χ4v) is 3.05. The zero-order valence-corrected chi connectivity index (χ0v) is 11.1. The number of amides is 2. The Kier molecular flexibility index (Phi) is 4.11. The Morgan fingerprint density at radius 3 is 2.89 bits per heavy atom. The highest BCUT2D eigenvalue weighted by Gasteiger charge is 2.33. The largest absolute Gasteiger partial charge is 0.469 e. The molecule has 0 aromatic rings. The molecule has 0 N–H and O–H groups in total. The first-order valence-corrected chi connectivity index (χ1v) is 6.98. The second-order valence-electron chi connectivity index (χ2n) is 4.42. The van der Waals surface area contributed by atoms with Gasteiger partial charge >= 0.3 is 5.97 Å². The van der Waals surface area contributed by atoms with Gasteiger partial charge in [0, 0.05) is 13.1 Å². The molecule has 0 aromatic heterocycles. The number of methoxy groups -OCH3 is 1. The lowest BCUT2D eigenvalue weighted by atomic mass is 10.1. The molecule has 2 aliphatic rings. The molecular weight excluding hydrogens is 256 g/mol. The molecule has 7 heteroatoms. The summed E-state index contributed by atoms with van der Waals surface area (Å²) in [7, 11) is 1.35. The highest BCUT2D eigenvalue weighted by molar-refractivity contribution is 8.00. The number of carbonyl (C=O) groups excluding carboxylic acids is 3. The van der Waals surface area contributed by atoms with Crippen molar-refractivity contribution in [2.45, 2.75) is 6.42 Å². The van der Waals surface area contributed by atoms with E-state index >= 15 is 0 Å². The summed E-state index contributed by atoms with van der Waals surface area (Å²) >= 11 is 1.52. The van der Waals surface area contributed by atoms with Crippen LogP contribution in [0, 0.1) is 5.92 Å². The maximum absolute atomic E-state index is 12.0. The van der Waals surface area contributed by atoms with Gasteiger partial charge < -0.3 is 14.5 Å². The fraction of sp³-hybridized carbons (Fsp3) is 0.727. The number of likely N-dealkylation sites (tertiary alicyclic amines) is 1. The van der Waals surface area contributed by atoms with Gasteiger partial charge in [0.1, 0.15) is 6.54 Å². The van der Waals surface area contributed by atoms with Crippen LogP contribution in [0.3, 0.4) is 0 Å². The Bertz CT molecular complexity index is 374. The quantitative estimate of drug-likeness (QED) is 0.650. The molecule has 2 fully saturated rings. The topological polar surface area (TPSA) is 66.9 Å². The molecule has 0 aromatic carbocycles. The SMILES string of the molecule is COC(=O)C1CCN(C(=O)CN2CSCC2=O)C1. The lowest BCUT2D eigenvalue weighted by Crippen LogP contribution is -2.40. The zero-order valence-electron chi connectivity index (χ0n) is 10.3. The van der Waals surface area contributed by atoms with E-state index in [1.54, 1.807) is 9.80 Å². The molecule has 6 nitrogen and oxygen atoms in total. The van der Waals surface area contributed by atoms with Crippen LogP contribution in [0.2, 0.25) is 0 Å². The smallest absolute Gasteiger partial charge is 0.310 e. The van der Waals surface area contributed by atoms with Gasteiger partial charge in [0.2, 0.25) is 11.8 Å². The maximum Gasteiger partial charge on any atom is 0.310 e. The normalized spacial score (nSPS) is 23.6. The van der Waals surface area contributed by atoms with E-state index in [2.05, 4.69) is 4.74 Å². The third-order valence-electron chi connectivity index (χ3n) is 3.23. The zero-order chi connectivity index (χ0) is 13.1. The van der Waals surface area contributed by atoms with Gasteiger partial charge in [-0.05, 0) is 6.42 Å². The van der Waals surface area contributed by atoms with E-state index in [9.17, 15) is 14.4 Å². The van der Waals surface area contributed by atoms with Crippen molar-refractivity contribution in [1.29, 1.82) is 0 Å². The van der Waals surface area contributed by atoms with Crippen molar-refractivity contribution in [3.63, 3.8) is 0 Å². The van der Waals surface area contributed by atoms with Gasteiger partial charge in [-0.1, -0.05) is 0 Å². The van der Waals surface area contributed by atoms with Crippen LogP contribution in [0.15, 0.2) is 0 Å². The Hall–Kier alpha value is -1.24. The van der Waals surface area contributed by atoms with E-state index in [0.717, 1.165) is 0 Å². The number of thioether (sulfide) groups is 1. The molecule has 1 atom stereocenters. The molecule has 0 spiro atoms. The summed E-state index contributed by atoms with van der Waals surface area (Å²) in [5.74, 6) is 0.478. The van der Waals surface area contributed by atoms with Crippen molar-refractivity contribution >= 4 is 29.5 Å². The second kappa shape index (κ2) is 5.60. The summed E-state index contributed by atoms with van der Waals surface area (Å²) in [6.07, 6.45) is 0.640. The second-order valence-corrected chi connectivity index (χ2v) is 5.37. The van der Waals surface area contributed by atoms with E-state index < -0.39 is 0 Å². The Morgan fingerprint density at radius 2 is 2.28 bits per heavy atom.